The largest absolute Gasteiger partial charge is 0.399 e. The third-order valence-electron chi connectivity index (χ3n) is 7.14. The van der Waals surface area contributed by atoms with Gasteiger partial charge in [-0.25, -0.2) is 0 Å². The second kappa shape index (κ2) is 10.4. The number of anilines is 1. The monoisotopic (exact) mass is 440 g/mol. The lowest BCUT2D eigenvalue weighted by Gasteiger charge is -2.34. The number of aryl methyl sites for hydroxylation is 2. The van der Waals surface area contributed by atoms with Gasteiger partial charge in [-0.1, -0.05) is 48.5 Å². The zero-order valence-electron chi connectivity index (χ0n) is 19.6. The van der Waals surface area contributed by atoms with E-state index in [4.69, 9.17) is 5.73 Å². The summed E-state index contributed by atoms with van der Waals surface area (Å²) in [7, 11) is 0. The summed E-state index contributed by atoms with van der Waals surface area (Å²) in [4.78, 5) is 5.28. The summed E-state index contributed by atoms with van der Waals surface area (Å²) in [5.74, 6) is 0. The van der Waals surface area contributed by atoms with Crippen LogP contribution in [-0.4, -0.2) is 53.6 Å². The van der Waals surface area contributed by atoms with E-state index in [0.717, 1.165) is 18.7 Å². The summed E-state index contributed by atoms with van der Waals surface area (Å²) in [5.41, 5.74) is 10.9. The first-order valence-corrected chi connectivity index (χ1v) is 12.5. The first-order valence-electron chi connectivity index (χ1n) is 12.5. The van der Waals surface area contributed by atoms with Crippen molar-refractivity contribution >= 4 is 27.5 Å². The van der Waals surface area contributed by atoms with E-state index in [2.05, 4.69) is 81.1 Å². The van der Waals surface area contributed by atoms with E-state index in [1.807, 2.05) is 6.07 Å². The maximum absolute atomic E-state index is 5.90. The van der Waals surface area contributed by atoms with E-state index in [1.165, 1.54) is 85.9 Å². The highest BCUT2D eigenvalue weighted by molar-refractivity contribution is 6.07. The minimum absolute atomic E-state index is 0.874. The van der Waals surface area contributed by atoms with E-state index in [0.29, 0.717) is 0 Å². The number of rotatable bonds is 9. The number of fused-ring (bicyclic) bond motifs is 3. The Hall–Kier alpha value is -2.82. The SMILES string of the molecule is Nc1cccc(CCCN2CCN(CCCCn3c4ccccc4c4ccccc43)CC2)c1. The highest BCUT2D eigenvalue weighted by Gasteiger charge is 2.16. The van der Waals surface area contributed by atoms with E-state index < -0.39 is 0 Å². The van der Waals surface area contributed by atoms with Gasteiger partial charge in [0.1, 0.15) is 0 Å². The van der Waals surface area contributed by atoms with Gasteiger partial charge in [-0.05, 0) is 68.6 Å². The number of nitrogen functional groups attached to an aromatic ring is 1. The fourth-order valence-electron chi connectivity index (χ4n) is 5.34. The van der Waals surface area contributed by atoms with Crippen LogP contribution in [0.4, 0.5) is 5.69 Å². The van der Waals surface area contributed by atoms with Crippen molar-refractivity contribution in [3.05, 3.63) is 78.4 Å². The first kappa shape index (κ1) is 22.0. The summed E-state index contributed by atoms with van der Waals surface area (Å²) >= 11 is 0. The van der Waals surface area contributed by atoms with Crippen LogP contribution in [0.2, 0.25) is 0 Å². The molecular formula is C29H36N4. The molecule has 1 aliphatic rings. The minimum atomic E-state index is 0.874. The van der Waals surface area contributed by atoms with Crippen LogP contribution in [0.25, 0.3) is 21.8 Å². The van der Waals surface area contributed by atoms with E-state index >= 15 is 0 Å². The van der Waals surface area contributed by atoms with Crippen molar-refractivity contribution in [1.29, 1.82) is 0 Å². The van der Waals surface area contributed by atoms with Crippen LogP contribution in [-0.2, 0) is 13.0 Å². The van der Waals surface area contributed by atoms with Crippen LogP contribution >= 0.6 is 0 Å². The molecule has 0 radical (unpaired) electrons. The Morgan fingerprint density at radius 3 is 1.82 bits per heavy atom. The second-order valence-corrected chi connectivity index (χ2v) is 9.42. The Morgan fingerprint density at radius 2 is 1.18 bits per heavy atom. The number of nitrogens with zero attached hydrogens (tertiary/aromatic N) is 3. The molecule has 1 aliphatic heterocycles. The number of aromatic nitrogens is 1. The van der Waals surface area contributed by atoms with Gasteiger partial charge < -0.3 is 20.1 Å². The molecule has 2 heterocycles. The van der Waals surface area contributed by atoms with Gasteiger partial charge in [0.2, 0.25) is 0 Å². The highest BCUT2D eigenvalue weighted by Crippen LogP contribution is 2.29. The molecule has 4 aromatic rings. The van der Waals surface area contributed by atoms with Crippen molar-refractivity contribution in [1.82, 2.24) is 14.4 Å². The number of piperazine rings is 1. The molecule has 0 atom stereocenters. The van der Waals surface area contributed by atoms with Crippen molar-refractivity contribution in [2.45, 2.75) is 32.2 Å². The molecule has 0 bridgehead atoms. The van der Waals surface area contributed by atoms with Crippen molar-refractivity contribution in [2.24, 2.45) is 0 Å². The van der Waals surface area contributed by atoms with E-state index in [9.17, 15) is 0 Å². The normalized spacial score (nSPS) is 15.5. The third-order valence-corrected chi connectivity index (χ3v) is 7.14. The molecule has 2 N–H and O–H groups in total. The zero-order valence-corrected chi connectivity index (χ0v) is 19.6. The summed E-state index contributed by atoms with van der Waals surface area (Å²) in [6, 6.07) is 26.0. The lowest BCUT2D eigenvalue weighted by Crippen LogP contribution is -2.46. The number of hydrogen-bond donors (Lipinski definition) is 1. The molecule has 172 valence electrons. The first-order chi connectivity index (χ1) is 16.3. The van der Waals surface area contributed by atoms with Crippen molar-refractivity contribution < 1.29 is 0 Å². The van der Waals surface area contributed by atoms with Crippen molar-refractivity contribution in [3.63, 3.8) is 0 Å². The summed E-state index contributed by atoms with van der Waals surface area (Å²) < 4.78 is 2.52. The Morgan fingerprint density at radius 1 is 0.606 bits per heavy atom. The number of benzene rings is 3. The number of para-hydroxylation sites is 2. The molecule has 33 heavy (non-hydrogen) atoms. The molecule has 5 rings (SSSR count). The van der Waals surface area contributed by atoms with E-state index in [1.54, 1.807) is 0 Å². The van der Waals surface area contributed by atoms with Gasteiger partial charge in [-0.15, -0.1) is 0 Å². The quantitative estimate of drug-likeness (QED) is 0.279. The Labute approximate surface area is 197 Å². The maximum Gasteiger partial charge on any atom is 0.0491 e. The number of hydrogen-bond acceptors (Lipinski definition) is 3. The Kier molecular flexibility index (Phi) is 6.94. The van der Waals surface area contributed by atoms with Gasteiger partial charge in [-0.3, -0.25) is 0 Å². The highest BCUT2D eigenvalue weighted by atomic mass is 15.3. The van der Waals surface area contributed by atoms with Crippen LogP contribution < -0.4 is 5.73 Å². The molecule has 1 fully saturated rings. The molecule has 1 saturated heterocycles. The molecule has 1 aromatic heterocycles. The van der Waals surface area contributed by atoms with Crippen LogP contribution in [0.15, 0.2) is 72.8 Å². The lowest BCUT2D eigenvalue weighted by atomic mass is 10.1. The van der Waals surface area contributed by atoms with Crippen molar-refractivity contribution in [2.75, 3.05) is 45.0 Å². The molecule has 0 saturated carbocycles. The zero-order chi connectivity index (χ0) is 22.5. The molecule has 3 aromatic carbocycles. The molecule has 0 amide bonds. The number of unbranched alkanes of at least 4 members (excludes halogenated alkanes) is 1. The average molecular weight is 441 g/mol. The van der Waals surface area contributed by atoms with Gasteiger partial charge in [0.05, 0.1) is 0 Å². The van der Waals surface area contributed by atoms with E-state index in [-0.39, 0.29) is 0 Å². The molecule has 0 spiro atoms. The topological polar surface area (TPSA) is 37.4 Å². The predicted octanol–water partition coefficient (Wildman–Crippen LogP) is 5.41. The minimum Gasteiger partial charge on any atom is -0.399 e. The Bertz CT molecular complexity index is 1130. The Balaban J connectivity index is 1.05. The van der Waals surface area contributed by atoms with Crippen molar-refractivity contribution in [3.8, 4) is 0 Å². The summed E-state index contributed by atoms with van der Waals surface area (Å²) in [6.45, 7) is 8.30. The average Bonchev–Trinajstić information content (AvgIpc) is 3.17. The molecule has 4 heteroatoms. The van der Waals surface area contributed by atoms with Gasteiger partial charge in [0, 0.05) is 60.2 Å². The fourth-order valence-corrected chi connectivity index (χ4v) is 5.34. The predicted molar refractivity (Wildman–Crippen MR) is 141 cm³/mol. The molecule has 0 aliphatic carbocycles. The number of nitrogens with two attached hydrogens (primary N) is 1. The summed E-state index contributed by atoms with van der Waals surface area (Å²) in [6.07, 6.45) is 4.82. The van der Waals surface area contributed by atoms with Gasteiger partial charge in [0.25, 0.3) is 0 Å². The smallest absolute Gasteiger partial charge is 0.0491 e. The standard InChI is InChI=1S/C29H36N4/c30-25-11-7-9-24(23-25)10-8-17-32-21-19-31(20-22-32)16-5-6-18-33-28-14-3-1-12-26(28)27-13-2-4-15-29(27)33/h1-4,7,9,11-15,23H,5-6,8,10,16-22,30H2. The van der Waals surface area contributed by atoms with Crippen LogP contribution in [0.1, 0.15) is 24.8 Å². The maximum atomic E-state index is 5.90. The summed E-state index contributed by atoms with van der Waals surface area (Å²) in [5, 5.41) is 2.75. The lowest BCUT2D eigenvalue weighted by molar-refractivity contribution is 0.129. The fraction of sp³-hybridized carbons (Fsp3) is 0.379. The van der Waals surface area contributed by atoms with Crippen LogP contribution in [0, 0.1) is 0 Å². The second-order valence-electron chi connectivity index (χ2n) is 9.42. The molecule has 0 unspecified atom stereocenters. The van der Waals surface area contributed by atoms with Gasteiger partial charge in [-0.2, -0.15) is 0 Å². The molecule has 4 nitrogen and oxygen atoms in total. The van der Waals surface area contributed by atoms with Gasteiger partial charge in [0.15, 0.2) is 0 Å². The third kappa shape index (κ3) is 5.23. The van der Waals surface area contributed by atoms with Crippen LogP contribution in [0.5, 0.6) is 0 Å². The van der Waals surface area contributed by atoms with Gasteiger partial charge >= 0.3 is 0 Å². The molecular weight excluding hydrogens is 404 g/mol. The van der Waals surface area contributed by atoms with Crippen LogP contribution in [0.3, 0.4) is 0 Å².